The highest BCUT2D eigenvalue weighted by molar-refractivity contribution is 5.75. The van der Waals surface area contributed by atoms with E-state index in [1.807, 2.05) is 0 Å². The molecule has 1 aromatic rings. The SMILES string of the molecule is COC(=O)C(O)C(O)c1cc(C(F)(F)F)ccc1C(F)(F)F. The van der Waals surface area contributed by atoms with E-state index in [9.17, 15) is 41.4 Å². The normalized spacial score (nSPS) is 15.3. The zero-order valence-electron chi connectivity index (χ0n) is 10.9. The van der Waals surface area contributed by atoms with Crippen LogP contribution in [0.3, 0.4) is 0 Å². The number of rotatable bonds is 3. The molecule has 0 aromatic heterocycles. The molecule has 0 amide bonds. The van der Waals surface area contributed by atoms with E-state index in [0.717, 1.165) is 7.11 Å². The van der Waals surface area contributed by atoms with Crippen LogP contribution in [0.1, 0.15) is 22.8 Å². The summed E-state index contributed by atoms with van der Waals surface area (Å²) < 4.78 is 80.1. The van der Waals surface area contributed by atoms with Crippen molar-refractivity contribution in [2.24, 2.45) is 0 Å². The minimum absolute atomic E-state index is 0.0274. The summed E-state index contributed by atoms with van der Waals surface area (Å²) in [5, 5.41) is 19.0. The lowest BCUT2D eigenvalue weighted by Gasteiger charge is -2.21. The number of hydrogen-bond acceptors (Lipinski definition) is 4. The standard InChI is InChI=1S/C12H10F6O4/c1-22-10(21)9(20)8(19)6-4-5(11(13,14)15)2-3-7(6)12(16,17)18/h2-4,8-9,19-20H,1H3. The number of esters is 1. The highest BCUT2D eigenvalue weighted by Crippen LogP contribution is 2.39. The molecule has 124 valence electrons. The molecule has 2 unspecified atom stereocenters. The Bertz CT molecular complexity index is 552. The third-order valence-electron chi connectivity index (χ3n) is 2.74. The molecule has 0 saturated carbocycles. The predicted octanol–water partition coefficient (Wildman–Crippen LogP) is 2.29. The molecule has 1 rings (SSSR count). The number of benzene rings is 1. The summed E-state index contributed by atoms with van der Waals surface area (Å²) in [5.41, 5.74) is -4.34. The van der Waals surface area contributed by atoms with Gasteiger partial charge in [-0.25, -0.2) is 4.79 Å². The fraction of sp³-hybridized carbons (Fsp3) is 0.417. The first-order valence-electron chi connectivity index (χ1n) is 5.62. The molecular formula is C12H10F6O4. The average molecular weight is 332 g/mol. The molecule has 0 aliphatic heterocycles. The molecule has 0 bridgehead atoms. The third-order valence-corrected chi connectivity index (χ3v) is 2.74. The van der Waals surface area contributed by atoms with Crippen molar-refractivity contribution in [2.45, 2.75) is 24.6 Å². The molecule has 0 spiro atoms. The number of alkyl halides is 6. The molecule has 22 heavy (non-hydrogen) atoms. The maximum atomic E-state index is 12.8. The van der Waals surface area contributed by atoms with Crippen molar-refractivity contribution >= 4 is 5.97 Å². The zero-order chi connectivity index (χ0) is 17.3. The van der Waals surface area contributed by atoms with Crippen LogP contribution in [-0.2, 0) is 21.9 Å². The first-order valence-corrected chi connectivity index (χ1v) is 5.62. The van der Waals surface area contributed by atoms with Crippen molar-refractivity contribution < 1.29 is 46.1 Å². The minimum atomic E-state index is -5.09. The van der Waals surface area contributed by atoms with Crippen LogP contribution in [0.5, 0.6) is 0 Å². The predicted molar refractivity (Wildman–Crippen MR) is 59.4 cm³/mol. The molecule has 1 aromatic carbocycles. The molecule has 10 heteroatoms. The van der Waals surface area contributed by atoms with E-state index in [1.54, 1.807) is 0 Å². The van der Waals surface area contributed by atoms with Crippen molar-refractivity contribution in [3.8, 4) is 0 Å². The number of carbonyl (C=O) groups is 1. The monoisotopic (exact) mass is 332 g/mol. The van der Waals surface area contributed by atoms with Gasteiger partial charge in [0.1, 0.15) is 6.10 Å². The average Bonchev–Trinajstić information content (AvgIpc) is 2.42. The summed E-state index contributed by atoms with van der Waals surface area (Å²) in [6.45, 7) is 0. The van der Waals surface area contributed by atoms with Crippen LogP contribution in [0.2, 0.25) is 0 Å². The Hall–Kier alpha value is -1.81. The number of aliphatic hydroxyl groups excluding tert-OH is 2. The van der Waals surface area contributed by atoms with Crippen molar-refractivity contribution in [2.75, 3.05) is 7.11 Å². The lowest BCUT2D eigenvalue weighted by Crippen LogP contribution is -2.30. The third kappa shape index (κ3) is 3.89. The molecule has 0 heterocycles. The second kappa shape index (κ2) is 6.13. The Kier molecular flexibility index (Phi) is 5.08. The molecule has 4 nitrogen and oxygen atoms in total. The van der Waals surface area contributed by atoms with Crippen LogP contribution < -0.4 is 0 Å². The fourth-order valence-electron chi connectivity index (χ4n) is 1.66. The summed E-state index contributed by atoms with van der Waals surface area (Å²) in [7, 11) is 0.787. The van der Waals surface area contributed by atoms with E-state index in [1.165, 1.54) is 0 Å². The summed E-state index contributed by atoms with van der Waals surface area (Å²) in [6, 6.07) is 0.328. The maximum Gasteiger partial charge on any atom is 0.416 e. The van der Waals surface area contributed by atoms with Crippen LogP contribution in [-0.4, -0.2) is 29.4 Å². The molecular weight excluding hydrogens is 322 g/mol. The minimum Gasteiger partial charge on any atom is -0.467 e. The second-order valence-electron chi connectivity index (χ2n) is 4.21. The lowest BCUT2D eigenvalue weighted by molar-refractivity contribution is -0.158. The zero-order valence-corrected chi connectivity index (χ0v) is 10.9. The molecule has 0 aliphatic rings. The van der Waals surface area contributed by atoms with E-state index >= 15 is 0 Å². The number of methoxy groups -OCH3 is 1. The van der Waals surface area contributed by atoms with Gasteiger partial charge in [0.25, 0.3) is 0 Å². The van der Waals surface area contributed by atoms with Crippen LogP contribution >= 0.6 is 0 Å². The Balaban J connectivity index is 3.43. The summed E-state index contributed by atoms with van der Waals surface area (Å²) >= 11 is 0. The van der Waals surface area contributed by atoms with Gasteiger partial charge in [0.2, 0.25) is 0 Å². The van der Waals surface area contributed by atoms with Crippen molar-refractivity contribution in [3.05, 3.63) is 34.9 Å². The highest BCUT2D eigenvalue weighted by atomic mass is 19.4. The Labute approximate surface area is 119 Å². The number of aliphatic hydroxyl groups is 2. The lowest BCUT2D eigenvalue weighted by atomic mass is 9.95. The smallest absolute Gasteiger partial charge is 0.416 e. The summed E-state index contributed by atoms with van der Waals surface area (Å²) in [4.78, 5) is 11.0. The number of carbonyl (C=O) groups excluding carboxylic acids is 1. The van der Waals surface area contributed by atoms with Gasteiger partial charge in [0.05, 0.1) is 18.2 Å². The first-order chi connectivity index (χ1) is 9.89. The Morgan fingerprint density at radius 1 is 1.09 bits per heavy atom. The van der Waals surface area contributed by atoms with E-state index in [0.29, 0.717) is 0 Å². The number of halogens is 6. The second-order valence-corrected chi connectivity index (χ2v) is 4.21. The quantitative estimate of drug-likeness (QED) is 0.658. The van der Waals surface area contributed by atoms with Gasteiger partial charge in [-0.1, -0.05) is 0 Å². The largest absolute Gasteiger partial charge is 0.467 e. The topological polar surface area (TPSA) is 66.8 Å². The summed E-state index contributed by atoms with van der Waals surface area (Å²) in [6.07, 6.45) is -15.0. The highest BCUT2D eigenvalue weighted by Gasteiger charge is 2.40. The molecule has 0 aliphatic carbocycles. The van der Waals surface area contributed by atoms with Gasteiger partial charge in [-0.05, 0) is 23.8 Å². The van der Waals surface area contributed by atoms with E-state index in [4.69, 9.17) is 0 Å². The fourth-order valence-corrected chi connectivity index (χ4v) is 1.66. The molecule has 0 saturated heterocycles. The van der Waals surface area contributed by atoms with Crippen LogP contribution in [0.25, 0.3) is 0 Å². The van der Waals surface area contributed by atoms with Crippen LogP contribution in [0.4, 0.5) is 26.3 Å². The van der Waals surface area contributed by atoms with Gasteiger partial charge in [0, 0.05) is 0 Å². The molecule has 2 N–H and O–H groups in total. The van der Waals surface area contributed by atoms with Crippen LogP contribution in [0.15, 0.2) is 18.2 Å². The van der Waals surface area contributed by atoms with Gasteiger partial charge < -0.3 is 14.9 Å². The maximum absolute atomic E-state index is 12.8. The Morgan fingerprint density at radius 2 is 1.64 bits per heavy atom. The molecule has 0 fully saturated rings. The van der Waals surface area contributed by atoms with E-state index in [-0.39, 0.29) is 18.2 Å². The van der Waals surface area contributed by atoms with Crippen molar-refractivity contribution in [1.82, 2.24) is 0 Å². The number of hydrogen-bond donors (Lipinski definition) is 2. The van der Waals surface area contributed by atoms with Crippen molar-refractivity contribution in [1.29, 1.82) is 0 Å². The van der Waals surface area contributed by atoms with Gasteiger partial charge in [-0.3, -0.25) is 0 Å². The number of ether oxygens (including phenoxy) is 1. The van der Waals surface area contributed by atoms with Gasteiger partial charge in [0.15, 0.2) is 6.10 Å². The first kappa shape index (κ1) is 18.2. The molecule has 2 atom stereocenters. The van der Waals surface area contributed by atoms with Gasteiger partial charge in [-0.2, -0.15) is 26.3 Å². The molecule has 0 radical (unpaired) electrons. The van der Waals surface area contributed by atoms with E-state index < -0.39 is 47.2 Å². The van der Waals surface area contributed by atoms with Crippen LogP contribution in [0, 0.1) is 0 Å². The Morgan fingerprint density at radius 3 is 2.05 bits per heavy atom. The summed E-state index contributed by atoms with van der Waals surface area (Å²) in [5.74, 6) is -1.49. The van der Waals surface area contributed by atoms with Crippen molar-refractivity contribution in [3.63, 3.8) is 0 Å². The van der Waals surface area contributed by atoms with Gasteiger partial charge >= 0.3 is 18.3 Å². The van der Waals surface area contributed by atoms with Gasteiger partial charge in [-0.15, -0.1) is 0 Å². The van der Waals surface area contributed by atoms with E-state index in [2.05, 4.69) is 4.74 Å².